The van der Waals surface area contributed by atoms with E-state index >= 15 is 0 Å². The number of aliphatic hydroxyl groups is 1. The fourth-order valence-corrected chi connectivity index (χ4v) is 1.19. The molecule has 3 nitrogen and oxygen atoms in total. The third kappa shape index (κ3) is 2.73. The van der Waals surface area contributed by atoms with Gasteiger partial charge in [-0.15, -0.1) is 0 Å². The number of carbonyl (C=O) groups is 1. The summed E-state index contributed by atoms with van der Waals surface area (Å²) in [5.74, 6) is -3.06. The van der Waals surface area contributed by atoms with Gasteiger partial charge in [-0.2, -0.15) is 13.2 Å². The minimum atomic E-state index is -5.31. The predicted molar refractivity (Wildman–Crippen MR) is 48.7 cm³/mol. The molecule has 0 bridgehead atoms. The lowest BCUT2D eigenvalue weighted by Crippen LogP contribution is -2.53. The van der Waals surface area contributed by atoms with Crippen molar-refractivity contribution in [3.8, 4) is 0 Å². The van der Waals surface area contributed by atoms with Gasteiger partial charge in [-0.25, -0.2) is 9.18 Å². The molecule has 0 aromatic heterocycles. The molecule has 0 aliphatic carbocycles. The molecule has 2 N–H and O–H groups in total. The lowest BCUT2D eigenvalue weighted by Gasteiger charge is -2.26. The topological polar surface area (TPSA) is 57.5 Å². The van der Waals surface area contributed by atoms with E-state index in [1.807, 2.05) is 0 Å². The van der Waals surface area contributed by atoms with Gasteiger partial charge < -0.3 is 10.2 Å². The first-order valence-corrected chi connectivity index (χ1v) is 4.44. The second-order valence-electron chi connectivity index (χ2n) is 3.47. The minimum Gasteiger partial charge on any atom is -0.479 e. The molecule has 1 atom stereocenters. The molecule has 0 aliphatic heterocycles. The Morgan fingerprint density at radius 1 is 1.18 bits per heavy atom. The summed E-state index contributed by atoms with van der Waals surface area (Å²) in [7, 11) is 0. The van der Waals surface area contributed by atoms with Gasteiger partial charge >= 0.3 is 12.1 Å². The Kier molecular flexibility index (Phi) is 3.42. The molecule has 1 aromatic carbocycles. The maximum absolute atomic E-state index is 12.5. The largest absolute Gasteiger partial charge is 0.479 e. The molecule has 0 aliphatic rings. The fraction of sp³-hybridized carbons (Fsp3) is 0.300. The zero-order valence-electron chi connectivity index (χ0n) is 8.33. The molecule has 0 spiro atoms. The smallest absolute Gasteiger partial charge is 0.428 e. The molecule has 0 radical (unpaired) electrons. The normalized spacial score (nSPS) is 15.4. The third-order valence-electron chi connectivity index (χ3n) is 2.20. The van der Waals surface area contributed by atoms with Gasteiger partial charge in [0.25, 0.3) is 5.60 Å². The van der Waals surface area contributed by atoms with Gasteiger partial charge in [-0.05, 0) is 17.7 Å². The van der Waals surface area contributed by atoms with Gasteiger partial charge in [0.05, 0.1) is 0 Å². The van der Waals surface area contributed by atoms with E-state index in [2.05, 4.69) is 0 Å². The average Bonchev–Trinajstić information content (AvgIpc) is 2.19. The van der Waals surface area contributed by atoms with Gasteiger partial charge in [-0.1, -0.05) is 12.1 Å². The number of benzene rings is 1. The third-order valence-corrected chi connectivity index (χ3v) is 2.20. The fourth-order valence-electron chi connectivity index (χ4n) is 1.19. The van der Waals surface area contributed by atoms with E-state index in [9.17, 15) is 22.4 Å². The molecule has 0 heterocycles. The lowest BCUT2D eigenvalue weighted by atomic mass is 9.94. The summed E-state index contributed by atoms with van der Waals surface area (Å²) in [5.41, 5.74) is -4.00. The summed E-state index contributed by atoms with van der Waals surface area (Å²) in [4.78, 5) is 10.5. The number of carboxylic acid groups (broad SMARTS) is 1. The van der Waals surface area contributed by atoms with E-state index in [0.717, 1.165) is 24.3 Å². The van der Waals surface area contributed by atoms with Crippen molar-refractivity contribution in [3.05, 3.63) is 35.6 Å². The zero-order chi connectivity index (χ0) is 13.3. The first-order valence-electron chi connectivity index (χ1n) is 4.44. The summed E-state index contributed by atoms with van der Waals surface area (Å²) in [5, 5.41) is 17.6. The number of alkyl halides is 3. The van der Waals surface area contributed by atoms with Crippen molar-refractivity contribution in [1.29, 1.82) is 0 Å². The van der Waals surface area contributed by atoms with Crippen molar-refractivity contribution in [2.45, 2.75) is 18.2 Å². The van der Waals surface area contributed by atoms with E-state index in [-0.39, 0.29) is 5.56 Å². The van der Waals surface area contributed by atoms with Crippen molar-refractivity contribution in [3.63, 3.8) is 0 Å². The average molecular weight is 252 g/mol. The van der Waals surface area contributed by atoms with Gasteiger partial charge in [0.15, 0.2) is 0 Å². The van der Waals surface area contributed by atoms with Crippen molar-refractivity contribution < 1.29 is 32.6 Å². The SMILES string of the molecule is O=C(O)C(O)(Cc1ccc(F)cc1)C(F)(F)F. The van der Waals surface area contributed by atoms with Crippen LogP contribution in [0.25, 0.3) is 0 Å². The lowest BCUT2D eigenvalue weighted by molar-refractivity contribution is -0.259. The second-order valence-corrected chi connectivity index (χ2v) is 3.47. The van der Waals surface area contributed by atoms with Gasteiger partial charge in [0.2, 0.25) is 0 Å². The Bertz CT molecular complexity index is 413. The molecular formula is C10H8F4O3. The maximum atomic E-state index is 12.5. The Balaban J connectivity index is 3.04. The van der Waals surface area contributed by atoms with E-state index in [1.54, 1.807) is 0 Å². The van der Waals surface area contributed by atoms with Crippen LogP contribution in [0.4, 0.5) is 17.6 Å². The van der Waals surface area contributed by atoms with Crippen LogP contribution in [0.1, 0.15) is 5.56 Å². The highest BCUT2D eigenvalue weighted by Gasteiger charge is 2.59. The van der Waals surface area contributed by atoms with Crippen LogP contribution in [0.5, 0.6) is 0 Å². The van der Waals surface area contributed by atoms with E-state index < -0.39 is 30.0 Å². The molecule has 94 valence electrons. The van der Waals surface area contributed by atoms with Gasteiger partial charge in [0.1, 0.15) is 5.82 Å². The molecule has 1 rings (SSSR count). The molecule has 0 fully saturated rings. The minimum absolute atomic E-state index is 0.131. The molecule has 1 aromatic rings. The van der Waals surface area contributed by atoms with Crippen LogP contribution in [0, 0.1) is 5.82 Å². The maximum Gasteiger partial charge on any atom is 0.428 e. The molecular weight excluding hydrogens is 244 g/mol. The highest BCUT2D eigenvalue weighted by Crippen LogP contribution is 2.33. The molecule has 0 amide bonds. The zero-order valence-corrected chi connectivity index (χ0v) is 8.33. The number of hydrogen-bond acceptors (Lipinski definition) is 2. The summed E-state index contributed by atoms with van der Waals surface area (Å²) in [6.45, 7) is 0. The Morgan fingerprint density at radius 2 is 1.65 bits per heavy atom. The summed E-state index contributed by atoms with van der Waals surface area (Å²) < 4.78 is 49.8. The molecule has 17 heavy (non-hydrogen) atoms. The highest BCUT2D eigenvalue weighted by molar-refractivity contribution is 5.78. The summed E-state index contributed by atoms with van der Waals surface area (Å²) in [6.07, 6.45) is -6.49. The van der Waals surface area contributed by atoms with Crippen LogP contribution in [-0.4, -0.2) is 28.0 Å². The van der Waals surface area contributed by atoms with E-state index in [4.69, 9.17) is 10.2 Å². The first kappa shape index (κ1) is 13.4. The van der Waals surface area contributed by atoms with Crippen molar-refractivity contribution >= 4 is 5.97 Å². The standard InChI is InChI=1S/C10H8F4O3/c11-7-3-1-6(2-4-7)5-9(17,8(15)16)10(12,13)14/h1-4,17H,5H2,(H,15,16). The van der Waals surface area contributed by atoms with Crippen molar-refractivity contribution in [2.24, 2.45) is 0 Å². The highest BCUT2D eigenvalue weighted by atomic mass is 19.4. The molecule has 0 saturated carbocycles. The van der Waals surface area contributed by atoms with Crippen LogP contribution in [0.2, 0.25) is 0 Å². The van der Waals surface area contributed by atoms with Crippen LogP contribution >= 0.6 is 0 Å². The predicted octanol–water partition coefficient (Wildman–Crippen LogP) is 1.75. The van der Waals surface area contributed by atoms with Gasteiger partial charge in [0, 0.05) is 6.42 Å². The van der Waals surface area contributed by atoms with Crippen LogP contribution in [-0.2, 0) is 11.2 Å². The number of halogens is 4. The summed E-state index contributed by atoms with van der Waals surface area (Å²) >= 11 is 0. The molecule has 1 unspecified atom stereocenters. The Labute approximate surface area is 93.3 Å². The number of aliphatic carboxylic acids is 1. The quantitative estimate of drug-likeness (QED) is 0.806. The Morgan fingerprint density at radius 3 is 2.00 bits per heavy atom. The number of hydrogen-bond donors (Lipinski definition) is 2. The van der Waals surface area contributed by atoms with Crippen molar-refractivity contribution in [2.75, 3.05) is 0 Å². The van der Waals surface area contributed by atoms with E-state index in [1.165, 1.54) is 0 Å². The van der Waals surface area contributed by atoms with E-state index in [0.29, 0.717) is 0 Å². The Hall–Kier alpha value is -1.63. The second kappa shape index (κ2) is 4.33. The van der Waals surface area contributed by atoms with Crippen LogP contribution < -0.4 is 0 Å². The van der Waals surface area contributed by atoms with Crippen LogP contribution in [0.3, 0.4) is 0 Å². The summed E-state index contributed by atoms with van der Waals surface area (Å²) in [6, 6.07) is 3.73. The monoisotopic (exact) mass is 252 g/mol. The van der Waals surface area contributed by atoms with Crippen molar-refractivity contribution in [1.82, 2.24) is 0 Å². The molecule has 0 saturated heterocycles. The molecule has 7 heteroatoms. The van der Waals surface area contributed by atoms with Crippen LogP contribution in [0.15, 0.2) is 24.3 Å². The first-order chi connectivity index (χ1) is 7.67. The van der Waals surface area contributed by atoms with Gasteiger partial charge in [-0.3, -0.25) is 0 Å². The number of rotatable bonds is 3. The number of carboxylic acids is 1.